The van der Waals surface area contributed by atoms with Crippen LogP contribution in [0.5, 0.6) is 5.75 Å². The average Bonchev–Trinajstić information content (AvgIpc) is 3.26. The summed E-state index contributed by atoms with van der Waals surface area (Å²) in [6, 6.07) is 6.94. The number of methoxy groups -OCH3 is 1. The molecular weight excluding hydrogens is 398 g/mol. The maximum atomic E-state index is 13.0. The van der Waals surface area contributed by atoms with E-state index in [-0.39, 0.29) is 47.9 Å². The molecule has 0 radical (unpaired) electrons. The van der Waals surface area contributed by atoms with E-state index in [0.717, 1.165) is 5.69 Å². The van der Waals surface area contributed by atoms with Gasteiger partial charge in [-0.15, -0.1) is 0 Å². The lowest BCUT2D eigenvalue weighted by Crippen LogP contribution is -2.63. The summed E-state index contributed by atoms with van der Waals surface area (Å²) in [5, 5.41) is 0. The number of likely N-dealkylation sites (tertiary alicyclic amines) is 2. The third kappa shape index (κ3) is 3.21. The van der Waals surface area contributed by atoms with Crippen molar-refractivity contribution in [2.24, 2.45) is 17.8 Å². The molecule has 8 nitrogen and oxygen atoms in total. The monoisotopic (exact) mass is 423 g/mol. The molecule has 0 spiro atoms. The maximum Gasteiger partial charge on any atom is 0.233 e. The van der Waals surface area contributed by atoms with E-state index in [4.69, 9.17) is 4.74 Å². The molecule has 1 aromatic rings. The molecular formula is C23H25N3O5. The summed E-state index contributed by atoms with van der Waals surface area (Å²) in [6.07, 6.45) is 5.35. The first kappa shape index (κ1) is 19.8. The van der Waals surface area contributed by atoms with Crippen molar-refractivity contribution in [1.82, 2.24) is 9.80 Å². The number of hydrogen-bond acceptors (Lipinski definition) is 5. The normalized spacial score (nSPS) is 28.2. The summed E-state index contributed by atoms with van der Waals surface area (Å²) in [6.45, 7) is 1.05. The fourth-order valence-corrected chi connectivity index (χ4v) is 5.13. The highest BCUT2D eigenvalue weighted by Gasteiger charge is 2.53. The van der Waals surface area contributed by atoms with Crippen molar-refractivity contribution in [1.29, 1.82) is 0 Å². The Kier molecular flexibility index (Phi) is 4.79. The molecule has 5 rings (SSSR count). The molecule has 3 unspecified atom stereocenters. The molecule has 1 aromatic carbocycles. The van der Waals surface area contributed by atoms with Crippen LogP contribution in [0.1, 0.15) is 19.3 Å². The Morgan fingerprint density at radius 3 is 2.13 bits per heavy atom. The molecule has 8 heteroatoms. The van der Waals surface area contributed by atoms with Crippen molar-refractivity contribution in [2.75, 3.05) is 31.6 Å². The minimum absolute atomic E-state index is 0.0814. The number of allylic oxidation sites excluding steroid dienone is 2. The molecule has 1 aliphatic carbocycles. The van der Waals surface area contributed by atoms with Crippen LogP contribution in [0.25, 0.3) is 0 Å². The predicted octanol–water partition coefficient (Wildman–Crippen LogP) is 1.21. The number of benzene rings is 1. The summed E-state index contributed by atoms with van der Waals surface area (Å²) in [4.78, 5) is 55.6. The molecule has 3 fully saturated rings. The van der Waals surface area contributed by atoms with E-state index in [1.807, 2.05) is 24.3 Å². The van der Waals surface area contributed by atoms with Crippen LogP contribution in [-0.2, 0) is 19.2 Å². The zero-order valence-corrected chi connectivity index (χ0v) is 17.4. The van der Waals surface area contributed by atoms with Crippen molar-refractivity contribution >= 4 is 29.3 Å². The van der Waals surface area contributed by atoms with Crippen LogP contribution in [0, 0.1) is 17.8 Å². The second-order valence-electron chi connectivity index (χ2n) is 8.70. The fraction of sp³-hybridized carbons (Fsp3) is 0.478. The topological polar surface area (TPSA) is 87.2 Å². The van der Waals surface area contributed by atoms with Gasteiger partial charge in [-0.05, 0) is 37.1 Å². The SMILES string of the molecule is COc1ccc(N2CC(C(=O)N3CC(N4C(=O)C5CC=CCC5C4=O)C3)CC2=O)cc1. The average molecular weight is 423 g/mol. The number of nitrogens with zero attached hydrogens (tertiary/aromatic N) is 3. The molecule has 3 heterocycles. The number of amides is 4. The molecule has 3 atom stereocenters. The van der Waals surface area contributed by atoms with Gasteiger partial charge >= 0.3 is 0 Å². The Morgan fingerprint density at radius 2 is 1.55 bits per heavy atom. The molecule has 3 saturated heterocycles. The molecule has 0 aromatic heterocycles. The van der Waals surface area contributed by atoms with Crippen LogP contribution in [0.3, 0.4) is 0 Å². The van der Waals surface area contributed by atoms with E-state index < -0.39 is 5.92 Å². The Bertz CT molecular complexity index is 940. The van der Waals surface area contributed by atoms with Gasteiger partial charge in [-0.25, -0.2) is 0 Å². The van der Waals surface area contributed by atoms with E-state index >= 15 is 0 Å². The van der Waals surface area contributed by atoms with Gasteiger partial charge in [0.2, 0.25) is 23.6 Å². The van der Waals surface area contributed by atoms with Crippen molar-refractivity contribution in [3.8, 4) is 5.75 Å². The zero-order chi connectivity index (χ0) is 21.7. The maximum absolute atomic E-state index is 13.0. The number of carbonyl (C=O) groups excluding carboxylic acids is 4. The first-order valence-corrected chi connectivity index (χ1v) is 10.7. The van der Waals surface area contributed by atoms with Crippen molar-refractivity contribution < 1.29 is 23.9 Å². The van der Waals surface area contributed by atoms with Gasteiger partial charge in [-0.2, -0.15) is 0 Å². The largest absolute Gasteiger partial charge is 0.497 e. The van der Waals surface area contributed by atoms with Crippen LogP contribution in [0.4, 0.5) is 5.69 Å². The third-order valence-electron chi connectivity index (χ3n) is 6.94. The first-order chi connectivity index (χ1) is 15.0. The molecule has 162 valence electrons. The highest BCUT2D eigenvalue weighted by atomic mass is 16.5. The van der Waals surface area contributed by atoms with Crippen molar-refractivity contribution in [3.63, 3.8) is 0 Å². The highest BCUT2D eigenvalue weighted by molar-refractivity contribution is 6.06. The number of ether oxygens (including phenoxy) is 1. The quantitative estimate of drug-likeness (QED) is 0.537. The van der Waals surface area contributed by atoms with E-state index in [1.54, 1.807) is 29.0 Å². The molecule has 4 aliphatic rings. The second-order valence-corrected chi connectivity index (χ2v) is 8.70. The summed E-state index contributed by atoms with van der Waals surface area (Å²) < 4.78 is 5.15. The van der Waals surface area contributed by atoms with Gasteiger partial charge < -0.3 is 14.5 Å². The second kappa shape index (κ2) is 7.51. The Labute approximate surface area is 180 Å². The summed E-state index contributed by atoms with van der Waals surface area (Å²) in [5.74, 6) is -0.554. The van der Waals surface area contributed by atoms with Crippen LogP contribution >= 0.6 is 0 Å². The summed E-state index contributed by atoms with van der Waals surface area (Å²) >= 11 is 0. The molecule has 31 heavy (non-hydrogen) atoms. The minimum atomic E-state index is -0.410. The van der Waals surface area contributed by atoms with Crippen LogP contribution in [-0.4, -0.2) is 66.2 Å². The molecule has 4 amide bonds. The van der Waals surface area contributed by atoms with Gasteiger partial charge in [0.1, 0.15) is 5.75 Å². The fourth-order valence-electron chi connectivity index (χ4n) is 5.13. The van der Waals surface area contributed by atoms with Gasteiger partial charge in [-0.3, -0.25) is 24.1 Å². The van der Waals surface area contributed by atoms with E-state index in [0.29, 0.717) is 38.2 Å². The Balaban J connectivity index is 1.19. The number of fused-ring (bicyclic) bond motifs is 1. The number of carbonyl (C=O) groups is 4. The van der Waals surface area contributed by atoms with Gasteiger partial charge in [-0.1, -0.05) is 12.2 Å². The van der Waals surface area contributed by atoms with Crippen LogP contribution in [0.2, 0.25) is 0 Å². The predicted molar refractivity (Wildman–Crippen MR) is 111 cm³/mol. The summed E-state index contributed by atoms with van der Waals surface area (Å²) in [7, 11) is 1.58. The van der Waals surface area contributed by atoms with Gasteiger partial charge in [0.15, 0.2) is 0 Å². The molecule has 0 N–H and O–H groups in total. The lowest BCUT2D eigenvalue weighted by molar-refractivity contribution is -0.154. The van der Waals surface area contributed by atoms with Gasteiger partial charge in [0.25, 0.3) is 0 Å². The van der Waals surface area contributed by atoms with E-state index in [2.05, 4.69) is 0 Å². The molecule has 0 bridgehead atoms. The van der Waals surface area contributed by atoms with E-state index in [1.165, 1.54) is 4.90 Å². The van der Waals surface area contributed by atoms with Crippen LogP contribution < -0.4 is 9.64 Å². The lowest BCUT2D eigenvalue weighted by Gasteiger charge is -2.44. The van der Waals surface area contributed by atoms with Crippen molar-refractivity contribution in [2.45, 2.75) is 25.3 Å². The van der Waals surface area contributed by atoms with Crippen molar-refractivity contribution in [3.05, 3.63) is 36.4 Å². The number of rotatable bonds is 4. The zero-order valence-electron chi connectivity index (χ0n) is 17.4. The highest BCUT2D eigenvalue weighted by Crippen LogP contribution is 2.38. The minimum Gasteiger partial charge on any atom is -0.497 e. The smallest absolute Gasteiger partial charge is 0.233 e. The molecule has 0 saturated carbocycles. The van der Waals surface area contributed by atoms with Crippen LogP contribution in [0.15, 0.2) is 36.4 Å². The first-order valence-electron chi connectivity index (χ1n) is 10.7. The molecule has 3 aliphatic heterocycles. The van der Waals surface area contributed by atoms with E-state index in [9.17, 15) is 19.2 Å². The number of hydrogen-bond donors (Lipinski definition) is 0. The number of imide groups is 1. The Hall–Kier alpha value is -3.16. The van der Waals surface area contributed by atoms with Gasteiger partial charge in [0, 0.05) is 31.7 Å². The number of anilines is 1. The summed E-state index contributed by atoms with van der Waals surface area (Å²) in [5.41, 5.74) is 0.743. The standard InChI is InChI=1S/C23H25N3O5/c1-31-17-8-6-15(7-9-17)25-11-14(10-20(25)27)21(28)24-12-16(13-24)26-22(29)18-4-2-3-5-19(18)23(26)30/h2-3,6-9,14,16,18-19H,4-5,10-13H2,1H3. The third-order valence-corrected chi connectivity index (χ3v) is 6.94. The Morgan fingerprint density at radius 1 is 0.935 bits per heavy atom. The lowest BCUT2D eigenvalue weighted by atomic mass is 9.85. The van der Waals surface area contributed by atoms with Gasteiger partial charge in [0.05, 0.1) is 30.9 Å².